The third-order valence-electron chi connectivity index (χ3n) is 1.70. The standard InChI is InChI=1S/C7H6ClNO2/c8-7-6-5(2-4-11-6)1-3-9(7)10/h1,3H,2,4H2. The van der Waals surface area contributed by atoms with Crippen molar-refractivity contribution in [2.24, 2.45) is 0 Å². The van der Waals surface area contributed by atoms with Gasteiger partial charge in [0, 0.05) is 18.1 Å². The summed E-state index contributed by atoms with van der Waals surface area (Å²) in [6.07, 6.45) is 2.24. The predicted octanol–water partition coefficient (Wildman–Crippen LogP) is 0.908. The minimum atomic E-state index is 0.139. The highest BCUT2D eigenvalue weighted by Crippen LogP contribution is 2.29. The summed E-state index contributed by atoms with van der Waals surface area (Å²) < 4.78 is 5.76. The van der Waals surface area contributed by atoms with Crippen LogP contribution in [0.5, 0.6) is 5.75 Å². The summed E-state index contributed by atoms with van der Waals surface area (Å²) in [6, 6.07) is 1.74. The second-order valence-corrected chi connectivity index (χ2v) is 2.74. The second kappa shape index (κ2) is 2.27. The van der Waals surface area contributed by atoms with Crippen molar-refractivity contribution >= 4 is 11.6 Å². The fraction of sp³-hybridized carbons (Fsp3) is 0.286. The summed E-state index contributed by atoms with van der Waals surface area (Å²) in [4.78, 5) is 0. The van der Waals surface area contributed by atoms with E-state index in [9.17, 15) is 5.21 Å². The van der Waals surface area contributed by atoms with Gasteiger partial charge in [0.1, 0.15) is 0 Å². The molecule has 58 valence electrons. The Morgan fingerprint density at radius 1 is 1.64 bits per heavy atom. The third-order valence-corrected chi connectivity index (χ3v) is 2.04. The fourth-order valence-corrected chi connectivity index (χ4v) is 1.38. The number of hydrogen-bond acceptors (Lipinski definition) is 2. The molecule has 11 heavy (non-hydrogen) atoms. The molecule has 1 aliphatic heterocycles. The molecule has 0 saturated heterocycles. The molecule has 0 unspecified atom stereocenters. The van der Waals surface area contributed by atoms with Gasteiger partial charge in [0.15, 0.2) is 6.20 Å². The molecule has 1 aromatic rings. The number of fused-ring (bicyclic) bond motifs is 1. The summed E-state index contributed by atoms with van der Waals surface area (Å²) in [5.74, 6) is 0.546. The Morgan fingerprint density at radius 3 is 3.27 bits per heavy atom. The smallest absolute Gasteiger partial charge is 0.329 e. The van der Waals surface area contributed by atoms with Crippen molar-refractivity contribution in [1.82, 2.24) is 0 Å². The molecule has 3 nitrogen and oxygen atoms in total. The molecule has 0 bridgehead atoms. The first-order chi connectivity index (χ1) is 5.29. The highest BCUT2D eigenvalue weighted by molar-refractivity contribution is 6.30. The van der Waals surface area contributed by atoms with E-state index in [-0.39, 0.29) is 5.15 Å². The van der Waals surface area contributed by atoms with E-state index in [2.05, 4.69) is 0 Å². The first-order valence-electron chi connectivity index (χ1n) is 3.32. The van der Waals surface area contributed by atoms with Crippen molar-refractivity contribution in [2.45, 2.75) is 6.42 Å². The molecule has 1 aliphatic rings. The average Bonchev–Trinajstić information content (AvgIpc) is 2.45. The highest BCUT2D eigenvalue weighted by atomic mass is 35.5. The Morgan fingerprint density at radius 2 is 2.45 bits per heavy atom. The lowest BCUT2D eigenvalue weighted by molar-refractivity contribution is -0.603. The molecule has 0 aliphatic carbocycles. The number of nitrogens with zero attached hydrogens (tertiary/aromatic N) is 1. The minimum Gasteiger partial charge on any atom is -0.618 e. The highest BCUT2D eigenvalue weighted by Gasteiger charge is 2.21. The van der Waals surface area contributed by atoms with E-state index in [1.807, 2.05) is 0 Å². The van der Waals surface area contributed by atoms with Crippen LogP contribution >= 0.6 is 11.6 Å². The molecular formula is C7H6ClNO2. The summed E-state index contributed by atoms with van der Waals surface area (Å²) in [7, 11) is 0. The Hall–Kier alpha value is -0.960. The van der Waals surface area contributed by atoms with Gasteiger partial charge in [-0.05, 0) is 11.6 Å². The average molecular weight is 172 g/mol. The molecule has 0 amide bonds. The van der Waals surface area contributed by atoms with Gasteiger partial charge < -0.3 is 9.94 Å². The maximum absolute atomic E-state index is 10.9. The maximum atomic E-state index is 10.9. The van der Waals surface area contributed by atoms with Gasteiger partial charge in [-0.3, -0.25) is 0 Å². The van der Waals surface area contributed by atoms with E-state index < -0.39 is 0 Å². The predicted molar refractivity (Wildman–Crippen MR) is 39.6 cm³/mol. The minimum absolute atomic E-state index is 0.139. The van der Waals surface area contributed by atoms with Crippen LogP contribution in [0.15, 0.2) is 12.3 Å². The van der Waals surface area contributed by atoms with Crippen molar-refractivity contribution in [2.75, 3.05) is 6.61 Å². The molecule has 0 aromatic carbocycles. The normalized spacial score (nSPS) is 14.3. The van der Waals surface area contributed by atoms with E-state index in [1.165, 1.54) is 6.20 Å². The van der Waals surface area contributed by atoms with E-state index in [1.54, 1.807) is 6.07 Å². The zero-order chi connectivity index (χ0) is 7.84. The summed E-state index contributed by atoms with van der Waals surface area (Å²) in [6.45, 7) is 0.624. The van der Waals surface area contributed by atoms with Gasteiger partial charge in [0.2, 0.25) is 5.75 Å². The van der Waals surface area contributed by atoms with Gasteiger partial charge in [-0.15, -0.1) is 0 Å². The van der Waals surface area contributed by atoms with E-state index in [0.717, 1.165) is 12.0 Å². The monoisotopic (exact) mass is 171 g/mol. The third kappa shape index (κ3) is 0.922. The van der Waals surface area contributed by atoms with Gasteiger partial charge in [-0.2, -0.15) is 4.73 Å². The zero-order valence-electron chi connectivity index (χ0n) is 5.71. The Bertz CT molecular complexity index is 301. The Kier molecular flexibility index (Phi) is 1.39. The van der Waals surface area contributed by atoms with Gasteiger partial charge in [0.25, 0.3) is 0 Å². The van der Waals surface area contributed by atoms with Gasteiger partial charge >= 0.3 is 5.15 Å². The number of hydrogen-bond donors (Lipinski definition) is 0. The van der Waals surface area contributed by atoms with Crippen LogP contribution in [0.2, 0.25) is 5.15 Å². The van der Waals surface area contributed by atoms with E-state index >= 15 is 0 Å². The molecule has 0 atom stereocenters. The number of ether oxygens (including phenoxy) is 1. The first-order valence-corrected chi connectivity index (χ1v) is 3.70. The van der Waals surface area contributed by atoms with Crippen LogP contribution in [-0.2, 0) is 6.42 Å². The lowest BCUT2D eigenvalue weighted by atomic mass is 10.2. The molecule has 4 heteroatoms. The van der Waals surface area contributed by atoms with Crippen LogP contribution in [-0.4, -0.2) is 6.61 Å². The lowest BCUT2D eigenvalue weighted by Crippen LogP contribution is -2.26. The van der Waals surface area contributed by atoms with Gasteiger partial charge in [-0.25, -0.2) is 0 Å². The van der Waals surface area contributed by atoms with Crippen LogP contribution in [0.25, 0.3) is 0 Å². The van der Waals surface area contributed by atoms with Crippen LogP contribution in [0, 0.1) is 5.21 Å². The van der Waals surface area contributed by atoms with E-state index in [4.69, 9.17) is 16.3 Å². The number of rotatable bonds is 0. The second-order valence-electron chi connectivity index (χ2n) is 2.39. The topological polar surface area (TPSA) is 36.2 Å². The van der Waals surface area contributed by atoms with Crippen LogP contribution in [0.1, 0.15) is 5.56 Å². The van der Waals surface area contributed by atoms with E-state index in [0.29, 0.717) is 17.1 Å². The van der Waals surface area contributed by atoms with Crippen molar-refractivity contribution in [1.29, 1.82) is 0 Å². The molecule has 0 spiro atoms. The SMILES string of the molecule is [O-][n+]1ccc2c(c1Cl)OCC2. The molecule has 0 fully saturated rings. The van der Waals surface area contributed by atoms with Gasteiger partial charge in [-0.1, -0.05) is 0 Å². The first kappa shape index (κ1) is 6.73. The Balaban J connectivity index is 2.62. The van der Waals surface area contributed by atoms with Crippen molar-refractivity contribution < 1.29 is 9.47 Å². The van der Waals surface area contributed by atoms with Crippen molar-refractivity contribution in [3.8, 4) is 5.75 Å². The fourth-order valence-electron chi connectivity index (χ4n) is 1.14. The molecule has 0 radical (unpaired) electrons. The molecule has 2 heterocycles. The zero-order valence-corrected chi connectivity index (χ0v) is 6.47. The summed E-state index contributed by atoms with van der Waals surface area (Å²) in [5.41, 5.74) is 1.02. The van der Waals surface area contributed by atoms with Crippen molar-refractivity contribution in [3.63, 3.8) is 0 Å². The van der Waals surface area contributed by atoms with Crippen LogP contribution in [0.3, 0.4) is 0 Å². The molecule has 0 N–H and O–H groups in total. The summed E-state index contributed by atoms with van der Waals surface area (Å²) in [5, 5.41) is 11.0. The Labute approximate surface area is 68.8 Å². The number of pyridine rings is 1. The molecule has 0 saturated carbocycles. The molecule has 1 aromatic heterocycles. The summed E-state index contributed by atoms with van der Waals surface area (Å²) >= 11 is 5.66. The number of aromatic nitrogens is 1. The van der Waals surface area contributed by atoms with Gasteiger partial charge in [0.05, 0.1) is 6.61 Å². The lowest BCUT2D eigenvalue weighted by Gasteiger charge is -2.01. The number of halogens is 1. The van der Waals surface area contributed by atoms with Crippen LogP contribution < -0.4 is 9.47 Å². The van der Waals surface area contributed by atoms with Crippen molar-refractivity contribution in [3.05, 3.63) is 28.2 Å². The largest absolute Gasteiger partial charge is 0.618 e. The maximum Gasteiger partial charge on any atom is 0.329 e. The molecule has 2 rings (SSSR count). The van der Waals surface area contributed by atoms with Crippen LogP contribution in [0.4, 0.5) is 0 Å². The quantitative estimate of drug-likeness (QED) is 0.331. The molecular weight excluding hydrogens is 166 g/mol.